The normalized spacial score (nSPS) is 11.2. The molecular weight excluding hydrogens is 216 g/mol. The molecule has 0 unspecified atom stereocenters. The highest BCUT2D eigenvalue weighted by Gasteiger charge is 2.21. The van der Waals surface area contributed by atoms with E-state index in [9.17, 15) is 4.79 Å². The summed E-state index contributed by atoms with van der Waals surface area (Å²) in [4.78, 5) is 10.6. The van der Waals surface area contributed by atoms with Gasteiger partial charge in [-0.05, 0) is 38.3 Å². The molecule has 1 aromatic carbocycles. The summed E-state index contributed by atoms with van der Waals surface area (Å²) in [5, 5.41) is 8.69. The predicted molar refractivity (Wildman–Crippen MR) is 67.4 cm³/mol. The highest BCUT2D eigenvalue weighted by molar-refractivity contribution is 5.66. The standard InChI is InChI=1S/C14H20O3/c1-4-11-7-5-6-8-12(11)17-14(2,3)10-9-13(15)16/h5-8H,4,9-10H2,1-3H3,(H,15,16). The molecule has 0 amide bonds. The lowest BCUT2D eigenvalue weighted by Crippen LogP contribution is -2.29. The van der Waals surface area contributed by atoms with E-state index in [1.165, 1.54) is 0 Å². The van der Waals surface area contributed by atoms with Crippen LogP contribution >= 0.6 is 0 Å². The number of hydrogen-bond acceptors (Lipinski definition) is 2. The van der Waals surface area contributed by atoms with Crippen LogP contribution in [0.3, 0.4) is 0 Å². The first-order valence-corrected chi connectivity index (χ1v) is 5.93. The third kappa shape index (κ3) is 4.47. The van der Waals surface area contributed by atoms with Crippen molar-refractivity contribution in [3.8, 4) is 5.75 Å². The Morgan fingerprint density at radius 1 is 1.35 bits per heavy atom. The Labute approximate surface area is 102 Å². The van der Waals surface area contributed by atoms with Crippen molar-refractivity contribution < 1.29 is 14.6 Å². The summed E-state index contributed by atoms with van der Waals surface area (Å²) < 4.78 is 5.91. The number of rotatable bonds is 6. The molecule has 3 heteroatoms. The van der Waals surface area contributed by atoms with Crippen LogP contribution in [0, 0.1) is 0 Å². The summed E-state index contributed by atoms with van der Waals surface area (Å²) in [5.74, 6) is 0.0656. The van der Waals surface area contributed by atoms with E-state index in [1.54, 1.807) is 0 Å². The number of aliphatic carboxylic acids is 1. The van der Waals surface area contributed by atoms with Gasteiger partial charge in [-0.1, -0.05) is 25.1 Å². The van der Waals surface area contributed by atoms with Crippen LogP contribution in [0.2, 0.25) is 0 Å². The summed E-state index contributed by atoms with van der Waals surface area (Å²) in [6, 6.07) is 7.88. The molecule has 17 heavy (non-hydrogen) atoms. The molecule has 3 nitrogen and oxygen atoms in total. The van der Waals surface area contributed by atoms with Crippen molar-refractivity contribution in [2.45, 2.75) is 45.6 Å². The highest BCUT2D eigenvalue weighted by Crippen LogP contribution is 2.26. The quantitative estimate of drug-likeness (QED) is 0.824. The minimum atomic E-state index is -0.787. The second-order valence-electron chi connectivity index (χ2n) is 4.72. The number of hydrogen-bond donors (Lipinski definition) is 1. The number of carboxylic acids is 1. The van der Waals surface area contributed by atoms with Crippen molar-refractivity contribution in [3.63, 3.8) is 0 Å². The molecule has 0 heterocycles. The number of carboxylic acid groups (broad SMARTS) is 1. The van der Waals surface area contributed by atoms with Gasteiger partial charge in [0.1, 0.15) is 11.4 Å². The molecule has 0 saturated carbocycles. The van der Waals surface area contributed by atoms with E-state index in [1.807, 2.05) is 38.1 Å². The lowest BCUT2D eigenvalue weighted by atomic mass is 10.0. The van der Waals surface area contributed by atoms with Crippen molar-refractivity contribution in [2.75, 3.05) is 0 Å². The largest absolute Gasteiger partial charge is 0.488 e. The maximum Gasteiger partial charge on any atom is 0.303 e. The molecule has 0 saturated heterocycles. The van der Waals surface area contributed by atoms with Crippen molar-refractivity contribution in [1.29, 1.82) is 0 Å². The summed E-state index contributed by atoms with van der Waals surface area (Å²) in [7, 11) is 0. The molecule has 0 atom stereocenters. The van der Waals surface area contributed by atoms with Crippen LogP contribution in [-0.2, 0) is 11.2 Å². The molecule has 1 rings (SSSR count). The van der Waals surface area contributed by atoms with Gasteiger partial charge in [-0.3, -0.25) is 4.79 Å². The van der Waals surface area contributed by atoms with Crippen molar-refractivity contribution in [1.82, 2.24) is 0 Å². The van der Waals surface area contributed by atoms with E-state index >= 15 is 0 Å². The third-order valence-corrected chi connectivity index (χ3v) is 2.68. The Hall–Kier alpha value is -1.51. The van der Waals surface area contributed by atoms with Crippen LogP contribution < -0.4 is 4.74 Å². The summed E-state index contributed by atoms with van der Waals surface area (Å²) in [6.07, 6.45) is 1.53. The fourth-order valence-electron chi connectivity index (χ4n) is 1.65. The fourth-order valence-corrected chi connectivity index (χ4v) is 1.65. The zero-order valence-corrected chi connectivity index (χ0v) is 10.7. The Morgan fingerprint density at radius 3 is 2.59 bits per heavy atom. The van der Waals surface area contributed by atoms with Gasteiger partial charge in [0, 0.05) is 6.42 Å². The van der Waals surface area contributed by atoms with Gasteiger partial charge in [0.15, 0.2) is 0 Å². The molecule has 0 fully saturated rings. The predicted octanol–water partition coefficient (Wildman–Crippen LogP) is 3.27. The van der Waals surface area contributed by atoms with Gasteiger partial charge < -0.3 is 9.84 Å². The van der Waals surface area contributed by atoms with Gasteiger partial charge in [-0.2, -0.15) is 0 Å². The van der Waals surface area contributed by atoms with Crippen LogP contribution in [0.1, 0.15) is 39.2 Å². The molecule has 1 N–H and O–H groups in total. The van der Waals surface area contributed by atoms with E-state index in [-0.39, 0.29) is 6.42 Å². The first kappa shape index (κ1) is 13.6. The SMILES string of the molecule is CCc1ccccc1OC(C)(C)CCC(=O)O. The molecule has 0 aromatic heterocycles. The van der Waals surface area contributed by atoms with Gasteiger partial charge in [-0.25, -0.2) is 0 Å². The molecule has 1 aromatic rings. The zero-order chi connectivity index (χ0) is 12.9. The Bertz CT molecular complexity index is 383. The number of para-hydroxylation sites is 1. The molecule has 0 aliphatic heterocycles. The minimum absolute atomic E-state index is 0.126. The van der Waals surface area contributed by atoms with E-state index in [2.05, 4.69) is 6.92 Å². The van der Waals surface area contributed by atoms with Gasteiger partial charge in [0.2, 0.25) is 0 Å². The Kier molecular flexibility index (Phi) is 4.55. The number of benzene rings is 1. The van der Waals surface area contributed by atoms with Gasteiger partial charge in [0.05, 0.1) is 0 Å². The summed E-state index contributed by atoms with van der Waals surface area (Å²) >= 11 is 0. The first-order valence-electron chi connectivity index (χ1n) is 5.93. The maximum atomic E-state index is 10.6. The highest BCUT2D eigenvalue weighted by atomic mass is 16.5. The van der Waals surface area contributed by atoms with Gasteiger partial charge in [-0.15, -0.1) is 0 Å². The first-order chi connectivity index (χ1) is 7.94. The Morgan fingerprint density at radius 2 is 2.00 bits per heavy atom. The van der Waals surface area contributed by atoms with Crippen molar-refractivity contribution >= 4 is 5.97 Å². The second-order valence-corrected chi connectivity index (χ2v) is 4.72. The molecule has 0 aliphatic rings. The van der Waals surface area contributed by atoms with Crippen LogP contribution in [0.4, 0.5) is 0 Å². The summed E-state index contributed by atoms with van der Waals surface area (Å²) in [5.41, 5.74) is 0.694. The lowest BCUT2D eigenvalue weighted by Gasteiger charge is -2.27. The molecular formula is C14H20O3. The van der Waals surface area contributed by atoms with Crippen LogP contribution in [0.25, 0.3) is 0 Å². The average molecular weight is 236 g/mol. The average Bonchev–Trinajstić information content (AvgIpc) is 2.27. The topological polar surface area (TPSA) is 46.5 Å². The molecule has 94 valence electrons. The maximum absolute atomic E-state index is 10.6. The van der Waals surface area contributed by atoms with Gasteiger partial charge in [0.25, 0.3) is 0 Å². The molecule has 0 aliphatic carbocycles. The number of carbonyl (C=O) groups is 1. The molecule has 0 radical (unpaired) electrons. The third-order valence-electron chi connectivity index (χ3n) is 2.68. The Balaban J connectivity index is 2.71. The summed E-state index contributed by atoms with van der Waals surface area (Å²) in [6.45, 7) is 5.91. The second kappa shape index (κ2) is 5.71. The van der Waals surface area contributed by atoms with Crippen LogP contribution in [0.5, 0.6) is 5.75 Å². The van der Waals surface area contributed by atoms with Crippen molar-refractivity contribution in [2.24, 2.45) is 0 Å². The van der Waals surface area contributed by atoms with Gasteiger partial charge >= 0.3 is 5.97 Å². The number of aryl methyl sites for hydroxylation is 1. The van der Waals surface area contributed by atoms with E-state index in [4.69, 9.17) is 9.84 Å². The van der Waals surface area contributed by atoms with E-state index in [0.717, 1.165) is 17.7 Å². The van der Waals surface area contributed by atoms with Crippen molar-refractivity contribution in [3.05, 3.63) is 29.8 Å². The van der Waals surface area contributed by atoms with E-state index < -0.39 is 11.6 Å². The molecule has 0 spiro atoms. The minimum Gasteiger partial charge on any atom is -0.488 e. The monoisotopic (exact) mass is 236 g/mol. The van der Waals surface area contributed by atoms with Crippen LogP contribution in [0.15, 0.2) is 24.3 Å². The van der Waals surface area contributed by atoms with Crippen LogP contribution in [-0.4, -0.2) is 16.7 Å². The zero-order valence-electron chi connectivity index (χ0n) is 10.7. The fraction of sp³-hybridized carbons (Fsp3) is 0.500. The lowest BCUT2D eigenvalue weighted by molar-refractivity contribution is -0.138. The number of ether oxygens (including phenoxy) is 1. The molecule has 0 bridgehead atoms. The van der Waals surface area contributed by atoms with E-state index in [0.29, 0.717) is 6.42 Å². The smallest absolute Gasteiger partial charge is 0.303 e.